The van der Waals surface area contributed by atoms with Gasteiger partial charge in [-0.3, -0.25) is 0 Å². The van der Waals surface area contributed by atoms with E-state index in [0.29, 0.717) is 6.04 Å². The number of nitrogens with one attached hydrogen (secondary N) is 1. The van der Waals surface area contributed by atoms with Gasteiger partial charge in [0.1, 0.15) is 5.01 Å². The van der Waals surface area contributed by atoms with Gasteiger partial charge in [-0.1, -0.05) is 28.1 Å². The van der Waals surface area contributed by atoms with Crippen molar-refractivity contribution >= 4 is 27.3 Å². The van der Waals surface area contributed by atoms with Gasteiger partial charge >= 0.3 is 0 Å². The number of benzene rings is 1. The quantitative estimate of drug-likeness (QED) is 0.896. The summed E-state index contributed by atoms with van der Waals surface area (Å²) in [6, 6.07) is 9.41. The normalized spacial score (nSPS) is 16.6. The molecule has 3 rings (SSSR count). The van der Waals surface area contributed by atoms with Crippen molar-refractivity contribution in [3.63, 3.8) is 0 Å². The lowest BCUT2D eigenvalue weighted by molar-refractivity contribution is 0.597. The molecule has 1 aromatic heterocycles. The summed E-state index contributed by atoms with van der Waals surface area (Å²) in [4.78, 5) is 6.05. The third-order valence-corrected chi connectivity index (χ3v) is 5.08. The summed E-state index contributed by atoms with van der Waals surface area (Å²) in [6.45, 7) is 4.23. The maximum Gasteiger partial charge on any atom is 0.115 e. The largest absolute Gasteiger partial charge is 0.301 e. The van der Waals surface area contributed by atoms with Crippen LogP contribution in [-0.4, -0.2) is 11.0 Å². The number of thiazole rings is 1. The molecule has 1 aliphatic rings. The molecule has 1 N–H and O–H groups in total. The van der Waals surface area contributed by atoms with Crippen molar-refractivity contribution < 1.29 is 0 Å². The van der Waals surface area contributed by atoms with Gasteiger partial charge in [-0.2, -0.15) is 0 Å². The highest BCUT2D eigenvalue weighted by Crippen LogP contribution is 2.32. The Morgan fingerprint density at radius 2 is 2.16 bits per heavy atom. The van der Waals surface area contributed by atoms with Gasteiger partial charge in [-0.25, -0.2) is 4.98 Å². The number of aryl methyl sites for hydroxylation is 2. The van der Waals surface area contributed by atoms with Gasteiger partial charge in [0.25, 0.3) is 0 Å². The topological polar surface area (TPSA) is 24.9 Å². The monoisotopic (exact) mass is 336 g/mol. The van der Waals surface area contributed by atoms with Crippen LogP contribution in [0.4, 0.5) is 0 Å². The molecule has 2 nitrogen and oxygen atoms in total. The zero-order valence-corrected chi connectivity index (χ0v) is 13.5. The van der Waals surface area contributed by atoms with E-state index in [-0.39, 0.29) is 6.04 Å². The maximum atomic E-state index is 4.74. The van der Waals surface area contributed by atoms with Crippen molar-refractivity contribution in [1.29, 1.82) is 0 Å². The first-order valence-corrected chi connectivity index (χ1v) is 8.20. The molecule has 1 fully saturated rings. The Kier molecular flexibility index (Phi) is 3.74. The summed E-state index contributed by atoms with van der Waals surface area (Å²) in [5, 5.41) is 4.90. The molecule has 0 amide bonds. The van der Waals surface area contributed by atoms with E-state index in [1.807, 2.05) is 0 Å². The van der Waals surface area contributed by atoms with Gasteiger partial charge in [0.05, 0.1) is 11.7 Å². The molecule has 1 atom stereocenters. The fraction of sp³-hybridized carbons (Fsp3) is 0.400. The molecule has 1 saturated carbocycles. The number of hydrogen-bond donors (Lipinski definition) is 1. The Labute approximate surface area is 126 Å². The Bertz CT molecular complexity index is 570. The van der Waals surface area contributed by atoms with Crippen molar-refractivity contribution in [2.75, 3.05) is 0 Å². The van der Waals surface area contributed by atoms with E-state index in [1.54, 1.807) is 11.3 Å². The van der Waals surface area contributed by atoms with E-state index in [0.717, 1.165) is 10.2 Å². The SMILES string of the molecule is Cc1nc(C(NC2CC2)c2cccc(Br)c2)sc1C. The number of hydrogen-bond acceptors (Lipinski definition) is 3. The van der Waals surface area contributed by atoms with Crippen LogP contribution in [0, 0.1) is 13.8 Å². The second-order valence-electron chi connectivity index (χ2n) is 5.12. The molecule has 0 aliphatic heterocycles. The van der Waals surface area contributed by atoms with Crippen LogP contribution >= 0.6 is 27.3 Å². The van der Waals surface area contributed by atoms with E-state index in [9.17, 15) is 0 Å². The third kappa shape index (κ3) is 3.07. The highest BCUT2D eigenvalue weighted by molar-refractivity contribution is 9.10. The lowest BCUT2D eigenvalue weighted by atomic mass is 10.1. The number of rotatable bonds is 4. The molecule has 0 spiro atoms. The molecular weight excluding hydrogens is 320 g/mol. The van der Waals surface area contributed by atoms with Crippen molar-refractivity contribution in [3.05, 3.63) is 49.9 Å². The van der Waals surface area contributed by atoms with Crippen LogP contribution in [-0.2, 0) is 0 Å². The van der Waals surface area contributed by atoms with Crippen LogP contribution in [0.15, 0.2) is 28.7 Å². The molecule has 2 aromatic rings. The summed E-state index contributed by atoms with van der Waals surface area (Å²) >= 11 is 5.36. The van der Waals surface area contributed by atoms with Crippen LogP contribution in [0.1, 0.15) is 40.0 Å². The average Bonchev–Trinajstić information content (AvgIpc) is 3.13. The Balaban J connectivity index is 1.96. The fourth-order valence-corrected chi connectivity index (χ4v) is 3.53. The lowest BCUT2D eigenvalue weighted by Gasteiger charge is -2.17. The molecule has 19 heavy (non-hydrogen) atoms. The van der Waals surface area contributed by atoms with E-state index in [4.69, 9.17) is 4.98 Å². The van der Waals surface area contributed by atoms with Crippen LogP contribution in [0.2, 0.25) is 0 Å². The van der Waals surface area contributed by atoms with Gasteiger partial charge in [0.2, 0.25) is 0 Å². The molecule has 0 saturated heterocycles. The summed E-state index contributed by atoms with van der Waals surface area (Å²) in [6.07, 6.45) is 2.57. The van der Waals surface area contributed by atoms with Gasteiger partial charge in [-0.05, 0) is 44.4 Å². The Morgan fingerprint density at radius 3 is 2.74 bits per heavy atom. The first-order chi connectivity index (χ1) is 9.13. The smallest absolute Gasteiger partial charge is 0.115 e. The maximum absolute atomic E-state index is 4.74. The summed E-state index contributed by atoms with van der Waals surface area (Å²) in [5.74, 6) is 0. The minimum atomic E-state index is 0.224. The number of nitrogens with zero attached hydrogens (tertiary/aromatic N) is 1. The van der Waals surface area contributed by atoms with Gasteiger partial charge in [0.15, 0.2) is 0 Å². The molecule has 1 aromatic carbocycles. The Hall–Kier alpha value is -0.710. The minimum Gasteiger partial charge on any atom is -0.301 e. The molecule has 100 valence electrons. The van der Waals surface area contributed by atoms with Crippen molar-refractivity contribution in [1.82, 2.24) is 10.3 Å². The highest BCUT2D eigenvalue weighted by atomic mass is 79.9. The van der Waals surface area contributed by atoms with E-state index in [1.165, 1.54) is 28.3 Å². The minimum absolute atomic E-state index is 0.224. The summed E-state index contributed by atoms with van der Waals surface area (Å²) in [7, 11) is 0. The van der Waals surface area contributed by atoms with Gasteiger partial charge in [0, 0.05) is 15.4 Å². The van der Waals surface area contributed by atoms with Crippen LogP contribution < -0.4 is 5.32 Å². The highest BCUT2D eigenvalue weighted by Gasteiger charge is 2.28. The van der Waals surface area contributed by atoms with E-state index < -0.39 is 0 Å². The number of halogens is 1. The molecule has 1 unspecified atom stereocenters. The van der Waals surface area contributed by atoms with Crippen molar-refractivity contribution in [3.8, 4) is 0 Å². The lowest BCUT2D eigenvalue weighted by Crippen LogP contribution is -2.24. The fourth-order valence-electron chi connectivity index (χ4n) is 2.10. The zero-order chi connectivity index (χ0) is 13.4. The van der Waals surface area contributed by atoms with Crippen molar-refractivity contribution in [2.45, 2.75) is 38.8 Å². The van der Waals surface area contributed by atoms with Crippen LogP contribution in [0.5, 0.6) is 0 Å². The van der Waals surface area contributed by atoms with E-state index in [2.05, 4.69) is 59.4 Å². The van der Waals surface area contributed by atoms with Gasteiger partial charge < -0.3 is 5.32 Å². The third-order valence-electron chi connectivity index (χ3n) is 3.45. The summed E-state index contributed by atoms with van der Waals surface area (Å²) < 4.78 is 1.12. The molecule has 1 heterocycles. The second-order valence-corrected chi connectivity index (χ2v) is 7.27. The first-order valence-electron chi connectivity index (χ1n) is 6.59. The van der Waals surface area contributed by atoms with Crippen LogP contribution in [0.3, 0.4) is 0 Å². The molecule has 0 bridgehead atoms. The molecule has 4 heteroatoms. The Morgan fingerprint density at radius 1 is 1.37 bits per heavy atom. The second kappa shape index (κ2) is 5.35. The molecule has 0 radical (unpaired) electrons. The molecule has 1 aliphatic carbocycles. The summed E-state index contributed by atoms with van der Waals surface area (Å²) in [5.41, 5.74) is 2.44. The van der Waals surface area contributed by atoms with E-state index >= 15 is 0 Å². The standard InChI is InChI=1S/C15H17BrN2S/c1-9-10(2)19-15(17-9)14(18-13-6-7-13)11-4-3-5-12(16)8-11/h3-5,8,13-14,18H,6-7H2,1-2H3. The van der Waals surface area contributed by atoms with Crippen molar-refractivity contribution in [2.24, 2.45) is 0 Å². The average molecular weight is 337 g/mol. The number of aromatic nitrogens is 1. The predicted octanol–water partition coefficient (Wildman–Crippen LogP) is 4.36. The van der Waals surface area contributed by atoms with Gasteiger partial charge in [-0.15, -0.1) is 11.3 Å². The van der Waals surface area contributed by atoms with Crippen LogP contribution in [0.25, 0.3) is 0 Å². The predicted molar refractivity (Wildman–Crippen MR) is 83.7 cm³/mol. The molecular formula is C15H17BrN2S. The first kappa shape index (κ1) is 13.3. The zero-order valence-electron chi connectivity index (χ0n) is 11.1.